The summed E-state index contributed by atoms with van der Waals surface area (Å²) in [5.74, 6) is 1.02. The average molecular weight is 389 g/mol. The highest BCUT2D eigenvalue weighted by Crippen LogP contribution is 2.41. The lowest BCUT2D eigenvalue weighted by Crippen LogP contribution is -2.08. The first-order chi connectivity index (χ1) is 13.4. The number of methoxy groups -OCH3 is 2. The van der Waals surface area contributed by atoms with Gasteiger partial charge in [0.05, 0.1) is 19.8 Å². The molecule has 0 N–H and O–H groups in total. The van der Waals surface area contributed by atoms with E-state index in [1.807, 2.05) is 0 Å². The number of benzene rings is 2. The van der Waals surface area contributed by atoms with Gasteiger partial charge in [0, 0.05) is 18.8 Å². The molecule has 0 radical (unpaired) electrons. The zero-order valence-corrected chi connectivity index (χ0v) is 15.5. The van der Waals surface area contributed by atoms with E-state index in [4.69, 9.17) is 9.47 Å². The van der Waals surface area contributed by atoms with Gasteiger partial charge in [0.15, 0.2) is 23.0 Å². The summed E-state index contributed by atoms with van der Waals surface area (Å²) >= 11 is 0. The number of nitrogens with zero attached hydrogens (tertiary/aromatic N) is 3. The van der Waals surface area contributed by atoms with Gasteiger partial charge in [-0.1, -0.05) is 36.4 Å². The van der Waals surface area contributed by atoms with Crippen LogP contribution in [0.2, 0.25) is 0 Å². The first-order valence-corrected chi connectivity index (χ1v) is 8.31. The minimum atomic E-state index is -4.61. The molecular formula is C20H18F3N3O2. The predicted molar refractivity (Wildman–Crippen MR) is 100 cm³/mol. The van der Waals surface area contributed by atoms with Crippen LogP contribution in [0.4, 0.5) is 19.0 Å². The zero-order valence-electron chi connectivity index (χ0n) is 15.5. The second kappa shape index (κ2) is 7.75. The van der Waals surface area contributed by atoms with Crippen molar-refractivity contribution in [2.24, 2.45) is 12.0 Å². The van der Waals surface area contributed by atoms with Crippen LogP contribution in [0.5, 0.6) is 11.5 Å². The van der Waals surface area contributed by atoms with E-state index >= 15 is 0 Å². The fourth-order valence-corrected chi connectivity index (χ4v) is 2.88. The van der Waals surface area contributed by atoms with Crippen molar-refractivity contribution in [3.63, 3.8) is 0 Å². The number of rotatable bonds is 5. The highest BCUT2D eigenvalue weighted by molar-refractivity contribution is 5.89. The molecule has 146 valence electrons. The Morgan fingerprint density at radius 3 is 2.32 bits per heavy atom. The number of halogens is 3. The van der Waals surface area contributed by atoms with E-state index in [1.165, 1.54) is 27.5 Å². The van der Waals surface area contributed by atoms with E-state index in [2.05, 4.69) is 10.1 Å². The van der Waals surface area contributed by atoms with Crippen molar-refractivity contribution in [2.45, 2.75) is 6.18 Å². The molecule has 28 heavy (non-hydrogen) atoms. The third-order valence-electron chi connectivity index (χ3n) is 4.11. The summed E-state index contributed by atoms with van der Waals surface area (Å²) in [5, 5.41) is 3.67. The van der Waals surface area contributed by atoms with Crippen molar-refractivity contribution >= 4 is 12.0 Å². The van der Waals surface area contributed by atoms with E-state index < -0.39 is 11.9 Å². The SMILES string of the molecule is COc1cccc(C=Nc2c(-c3ccccc3)c(C(F)(F)F)nn2C)c1OC. The Morgan fingerprint density at radius 2 is 1.71 bits per heavy atom. The van der Waals surface area contributed by atoms with Gasteiger partial charge >= 0.3 is 6.18 Å². The highest BCUT2D eigenvalue weighted by atomic mass is 19.4. The monoisotopic (exact) mass is 389 g/mol. The standard InChI is InChI=1S/C20H18F3N3O2/c1-26-19(24-12-14-10-7-11-15(27-2)17(14)28-3)16(13-8-5-4-6-9-13)18(25-26)20(21,22)23/h4-12H,1-3H3. The second-order valence-corrected chi connectivity index (χ2v) is 5.88. The molecule has 2 aromatic carbocycles. The molecule has 0 spiro atoms. The fourth-order valence-electron chi connectivity index (χ4n) is 2.88. The molecule has 0 aliphatic heterocycles. The molecule has 0 amide bonds. The molecule has 0 aliphatic rings. The van der Waals surface area contributed by atoms with Crippen LogP contribution in [-0.2, 0) is 13.2 Å². The van der Waals surface area contributed by atoms with E-state index in [9.17, 15) is 13.2 Å². The van der Waals surface area contributed by atoms with Gasteiger partial charge in [-0.25, -0.2) is 9.67 Å². The van der Waals surface area contributed by atoms with Crippen molar-refractivity contribution in [3.8, 4) is 22.6 Å². The predicted octanol–water partition coefficient (Wildman–Crippen LogP) is 4.87. The van der Waals surface area contributed by atoms with Gasteiger partial charge in [-0.3, -0.25) is 0 Å². The highest BCUT2D eigenvalue weighted by Gasteiger charge is 2.39. The van der Waals surface area contributed by atoms with Crippen molar-refractivity contribution in [1.29, 1.82) is 0 Å². The quantitative estimate of drug-likeness (QED) is 0.585. The Morgan fingerprint density at radius 1 is 1.00 bits per heavy atom. The lowest BCUT2D eigenvalue weighted by atomic mass is 10.1. The van der Waals surface area contributed by atoms with Crippen LogP contribution in [0.1, 0.15) is 11.3 Å². The van der Waals surface area contributed by atoms with E-state index in [0.717, 1.165) is 4.68 Å². The Labute approximate surface area is 160 Å². The molecule has 0 aliphatic carbocycles. The van der Waals surface area contributed by atoms with Gasteiger partial charge < -0.3 is 9.47 Å². The fraction of sp³-hybridized carbons (Fsp3) is 0.200. The van der Waals surface area contributed by atoms with Crippen LogP contribution in [0.25, 0.3) is 11.1 Å². The van der Waals surface area contributed by atoms with Gasteiger partial charge in [-0.15, -0.1) is 0 Å². The molecule has 0 fully saturated rings. The number of hydrogen-bond donors (Lipinski definition) is 0. The van der Waals surface area contributed by atoms with E-state index in [0.29, 0.717) is 22.6 Å². The van der Waals surface area contributed by atoms with Gasteiger partial charge in [0.25, 0.3) is 0 Å². The summed E-state index contributed by atoms with van der Waals surface area (Å²) in [6.45, 7) is 0. The van der Waals surface area contributed by atoms with Crippen molar-refractivity contribution in [1.82, 2.24) is 9.78 Å². The van der Waals surface area contributed by atoms with E-state index in [-0.39, 0.29) is 11.4 Å². The molecule has 0 bridgehead atoms. The summed E-state index contributed by atoms with van der Waals surface area (Å²) in [4.78, 5) is 4.31. The number of para-hydroxylation sites is 1. The molecule has 1 heterocycles. The summed E-state index contributed by atoms with van der Waals surface area (Å²) in [6.07, 6.45) is -3.17. The number of alkyl halides is 3. The first kappa shape index (κ1) is 19.5. The molecule has 5 nitrogen and oxygen atoms in total. The van der Waals surface area contributed by atoms with Gasteiger partial charge in [-0.05, 0) is 17.7 Å². The Bertz CT molecular complexity index is 996. The maximum atomic E-state index is 13.5. The molecule has 3 aromatic rings. The first-order valence-electron chi connectivity index (χ1n) is 8.31. The second-order valence-electron chi connectivity index (χ2n) is 5.88. The largest absolute Gasteiger partial charge is 0.493 e. The Balaban J connectivity index is 2.16. The summed E-state index contributed by atoms with van der Waals surface area (Å²) in [5.41, 5.74) is -0.108. The number of aliphatic imine (C=N–C) groups is 1. The molecule has 8 heteroatoms. The smallest absolute Gasteiger partial charge is 0.435 e. The van der Waals surface area contributed by atoms with Gasteiger partial charge in [-0.2, -0.15) is 18.3 Å². The summed E-state index contributed by atoms with van der Waals surface area (Å²) < 4.78 is 52.3. The maximum absolute atomic E-state index is 13.5. The molecule has 0 atom stereocenters. The van der Waals surface area contributed by atoms with Gasteiger partial charge in [0.1, 0.15) is 0 Å². The third kappa shape index (κ3) is 3.71. The molecule has 0 unspecified atom stereocenters. The number of ether oxygens (including phenoxy) is 2. The number of aromatic nitrogens is 2. The third-order valence-corrected chi connectivity index (χ3v) is 4.11. The minimum Gasteiger partial charge on any atom is -0.493 e. The summed E-state index contributed by atoms with van der Waals surface area (Å²) in [6, 6.07) is 13.4. The van der Waals surface area contributed by atoms with Crippen LogP contribution in [0.15, 0.2) is 53.5 Å². The Hall–Kier alpha value is -3.29. The minimum absolute atomic E-state index is 0.0753. The van der Waals surface area contributed by atoms with Crippen LogP contribution < -0.4 is 9.47 Å². The Kier molecular flexibility index (Phi) is 5.39. The van der Waals surface area contributed by atoms with Crippen molar-refractivity contribution < 1.29 is 22.6 Å². The lowest BCUT2D eigenvalue weighted by molar-refractivity contribution is -0.140. The van der Waals surface area contributed by atoms with Crippen molar-refractivity contribution in [3.05, 3.63) is 59.8 Å². The molecular weight excluding hydrogens is 371 g/mol. The number of hydrogen-bond acceptors (Lipinski definition) is 4. The molecule has 1 aromatic heterocycles. The van der Waals surface area contributed by atoms with Crippen LogP contribution >= 0.6 is 0 Å². The van der Waals surface area contributed by atoms with Gasteiger partial charge in [0.2, 0.25) is 0 Å². The molecule has 3 rings (SSSR count). The average Bonchev–Trinajstić information content (AvgIpc) is 3.03. The van der Waals surface area contributed by atoms with Crippen LogP contribution in [0.3, 0.4) is 0 Å². The maximum Gasteiger partial charge on any atom is 0.435 e. The zero-order chi connectivity index (χ0) is 20.3. The summed E-state index contributed by atoms with van der Waals surface area (Å²) in [7, 11) is 4.41. The lowest BCUT2D eigenvalue weighted by Gasteiger charge is -2.10. The van der Waals surface area contributed by atoms with Crippen LogP contribution in [-0.4, -0.2) is 30.2 Å². The normalized spacial score (nSPS) is 11.8. The van der Waals surface area contributed by atoms with Crippen LogP contribution in [0, 0.1) is 0 Å². The molecule has 0 saturated carbocycles. The van der Waals surface area contributed by atoms with E-state index in [1.54, 1.807) is 48.5 Å². The van der Waals surface area contributed by atoms with Crippen molar-refractivity contribution in [2.75, 3.05) is 14.2 Å². The molecule has 0 saturated heterocycles. The number of aryl methyl sites for hydroxylation is 1. The topological polar surface area (TPSA) is 48.6 Å².